The fourth-order valence-corrected chi connectivity index (χ4v) is 5.40. The summed E-state index contributed by atoms with van der Waals surface area (Å²) in [5.41, 5.74) is 1.72. The minimum absolute atomic E-state index is 0.0647. The van der Waals surface area contributed by atoms with Gasteiger partial charge in [0.25, 0.3) is 10.0 Å². The lowest BCUT2D eigenvalue weighted by molar-refractivity contribution is -0.135. The van der Waals surface area contributed by atoms with E-state index in [9.17, 15) is 13.2 Å². The minimum atomic E-state index is -3.64. The molecule has 1 fully saturated rings. The van der Waals surface area contributed by atoms with Crippen LogP contribution in [0.25, 0.3) is 0 Å². The summed E-state index contributed by atoms with van der Waals surface area (Å²) in [5.74, 6) is 0.947. The second-order valence-electron chi connectivity index (χ2n) is 8.72. The summed E-state index contributed by atoms with van der Waals surface area (Å²) in [6, 6.07) is 14.1. The number of nitrogens with one attached hydrogen (secondary N) is 1. The summed E-state index contributed by atoms with van der Waals surface area (Å²) < 4.78 is 32.5. The van der Waals surface area contributed by atoms with Gasteiger partial charge < -0.3 is 9.64 Å². The monoisotopic (exact) mass is 470 g/mol. The number of aliphatic imine (C=N–C) groups is 1. The molecule has 2 aromatic rings. The van der Waals surface area contributed by atoms with Crippen molar-refractivity contribution >= 4 is 21.8 Å². The van der Waals surface area contributed by atoms with Crippen molar-refractivity contribution < 1.29 is 17.9 Å². The maximum Gasteiger partial charge on any atom is 0.263 e. The van der Waals surface area contributed by atoms with Gasteiger partial charge in [0, 0.05) is 38.3 Å². The van der Waals surface area contributed by atoms with E-state index in [0.29, 0.717) is 18.7 Å². The van der Waals surface area contributed by atoms with E-state index in [4.69, 9.17) is 4.74 Å². The third kappa shape index (κ3) is 5.04. The van der Waals surface area contributed by atoms with Crippen LogP contribution >= 0.6 is 0 Å². The van der Waals surface area contributed by atoms with Crippen LogP contribution in [-0.4, -0.2) is 69.3 Å². The van der Waals surface area contributed by atoms with Crippen LogP contribution < -0.4 is 9.46 Å². The number of carbonyl (C=O) groups excluding carboxylic acids is 1. The average molecular weight is 471 g/mol. The fraction of sp³-hybridized carbons (Fsp3) is 0.417. The van der Waals surface area contributed by atoms with Crippen molar-refractivity contribution in [3.63, 3.8) is 0 Å². The largest absolute Gasteiger partial charge is 0.497 e. The number of benzene rings is 2. The number of carbonyl (C=O) groups is 1. The molecular weight excluding hydrogens is 440 g/mol. The molecule has 33 heavy (non-hydrogen) atoms. The Morgan fingerprint density at radius 1 is 1.06 bits per heavy atom. The molecule has 0 saturated carbocycles. The zero-order valence-electron chi connectivity index (χ0n) is 19.2. The van der Waals surface area contributed by atoms with Gasteiger partial charge in [-0.05, 0) is 35.7 Å². The summed E-state index contributed by atoms with van der Waals surface area (Å²) in [5, 5.41) is 0. The molecule has 0 aliphatic carbocycles. The van der Waals surface area contributed by atoms with Crippen molar-refractivity contribution in [1.29, 1.82) is 0 Å². The molecule has 1 atom stereocenters. The van der Waals surface area contributed by atoms with Gasteiger partial charge >= 0.3 is 0 Å². The van der Waals surface area contributed by atoms with Gasteiger partial charge in [-0.25, -0.2) is 8.42 Å². The normalized spacial score (nSPS) is 19.9. The lowest BCUT2D eigenvalue weighted by Crippen LogP contribution is -2.51. The molecule has 2 aliphatic rings. The summed E-state index contributed by atoms with van der Waals surface area (Å²) >= 11 is 0. The van der Waals surface area contributed by atoms with Gasteiger partial charge in [0.2, 0.25) is 5.91 Å². The van der Waals surface area contributed by atoms with Crippen LogP contribution in [0.15, 0.2) is 58.4 Å². The van der Waals surface area contributed by atoms with Gasteiger partial charge in [0.05, 0.1) is 12.0 Å². The number of methoxy groups -OCH3 is 1. The number of hydrogen-bond donors (Lipinski definition) is 1. The first kappa shape index (κ1) is 23.3. The van der Waals surface area contributed by atoms with E-state index < -0.39 is 16.1 Å². The van der Waals surface area contributed by atoms with Gasteiger partial charge in [0.1, 0.15) is 17.6 Å². The first-order valence-electron chi connectivity index (χ1n) is 11.1. The highest BCUT2D eigenvalue weighted by molar-refractivity contribution is 7.90. The number of piperazine rings is 1. The zero-order valence-corrected chi connectivity index (χ0v) is 20.0. The molecule has 0 unspecified atom stereocenters. The minimum Gasteiger partial charge on any atom is -0.497 e. The van der Waals surface area contributed by atoms with Crippen molar-refractivity contribution in [3.8, 4) is 5.75 Å². The maximum absolute atomic E-state index is 13.3. The van der Waals surface area contributed by atoms with E-state index in [1.165, 1.54) is 5.56 Å². The molecule has 2 heterocycles. The molecule has 0 bridgehead atoms. The molecule has 0 spiro atoms. The number of amidine groups is 1. The fourth-order valence-electron chi connectivity index (χ4n) is 4.16. The highest BCUT2D eigenvalue weighted by Crippen LogP contribution is 2.24. The van der Waals surface area contributed by atoms with E-state index in [2.05, 4.69) is 26.7 Å². The van der Waals surface area contributed by atoms with E-state index in [-0.39, 0.29) is 22.6 Å². The summed E-state index contributed by atoms with van der Waals surface area (Å²) in [4.78, 5) is 22.3. The summed E-state index contributed by atoms with van der Waals surface area (Å²) in [6.07, 6.45) is 0. The van der Waals surface area contributed by atoms with Gasteiger partial charge in [-0.15, -0.1) is 0 Å². The molecular formula is C24H30N4O4S. The second kappa shape index (κ2) is 9.52. The highest BCUT2D eigenvalue weighted by atomic mass is 32.2. The van der Waals surface area contributed by atoms with Gasteiger partial charge in [-0.3, -0.25) is 19.4 Å². The third-order valence-corrected chi connectivity index (χ3v) is 7.46. The zero-order chi connectivity index (χ0) is 23.6. The Balaban J connectivity index is 1.43. The third-order valence-electron chi connectivity index (χ3n) is 6.06. The summed E-state index contributed by atoms with van der Waals surface area (Å²) in [6.45, 7) is 7.46. The lowest BCUT2D eigenvalue weighted by atomic mass is 10.0. The Morgan fingerprint density at radius 3 is 2.36 bits per heavy atom. The van der Waals surface area contributed by atoms with Crippen molar-refractivity contribution in [2.75, 3.05) is 33.3 Å². The number of fused-ring (bicyclic) bond motifs is 1. The molecule has 0 aromatic heterocycles. The molecule has 1 N–H and O–H groups in total. The predicted octanol–water partition coefficient (Wildman–Crippen LogP) is 2.10. The molecule has 176 valence electrons. The predicted molar refractivity (Wildman–Crippen MR) is 127 cm³/mol. The molecule has 8 nitrogen and oxygen atoms in total. The van der Waals surface area contributed by atoms with Gasteiger partial charge in [-0.1, -0.05) is 38.1 Å². The number of rotatable bonds is 6. The molecule has 2 aromatic carbocycles. The van der Waals surface area contributed by atoms with Crippen molar-refractivity contribution in [2.24, 2.45) is 10.9 Å². The van der Waals surface area contributed by atoms with Crippen molar-refractivity contribution in [2.45, 2.75) is 31.3 Å². The van der Waals surface area contributed by atoms with Crippen molar-refractivity contribution in [1.82, 2.24) is 14.5 Å². The Bertz CT molecular complexity index is 1140. The molecule has 2 aliphatic heterocycles. The Labute approximate surface area is 195 Å². The Hall–Kier alpha value is -2.91. The second-order valence-corrected chi connectivity index (χ2v) is 10.4. The summed E-state index contributed by atoms with van der Waals surface area (Å²) in [7, 11) is -1.98. The van der Waals surface area contributed by atoms with Gasteiger partial charge in [0.15, 0.2) is 0 Å². The molecule has 0 radical (unpaired) electrons. The van der Waals surface area contributed by atoms with Crippen LogP contribution in [0.1, 0.15) is 25.0 Å². The van der Waals surface area contributed by atoms with Crippen LogP contribution in [0.3, 0.4) is 0 Å². The Morgan fingerprint density at radius 2 is 1.73 bits per heavy atom. The molecule has 9 heteroatoms. The molecule has 4 rings (SSSR count). The van der Waals surface area contributed by atoms with Crippen molar-refractivity contribution in [3.05, 3.63) is 59.7 Å². The number of sulfonamides is 1. The standard InChI is InChI=1S/C24H30N4O4S/c1-17(2)22(25-23-20-6-4-5-7-21(20)33(30,31)26-23)24(29)28-14-12-27(13-15-28)16-18-8-10-19(32-3)11-9-18/h4-11,17,22H,12-16H2,1-3H3,(H,25,26)/t22-/m0/s1. The van der Waals surface area contributed by atoms with Crippen LogP contribution in [0.5, 0.6) is 5.75 Å². The van der Waals surface area contributed by atoms with Crippen LogP contribution in [0.4, 0.5) is 0 Å². The number of ether oxygens (including phenoxy) is 1. The quantitative estimate of drug-likeness (QED) is 0.698. The number of hydrogen-bond acceptors (Lipinski definition) is 6. The van der Waals surface area contributed by atoms with Gasteiger partial charge in [-0.2, -0.15) is 0 Å². The maximum atomic E-state index is 13.3. The Kier molecular flexibility index (Phi) is 6.71. The van der Waals surface area contributed by atoms with Crippen LogP contribution in [0, 0.1) is 5.92 Å². The average Bonchev–Trinajstić information content (AvgIpc) is 3.08. The number of amides is 1. The SMILES string of the molecule is COc1ccc(CN2CCN(C(=O)[C@@H](N=C3NS(=O)(=O)c4ccccc43)C(C)C)CC2)cc1. The van der Waals surface area contributed by atoms with E-state index in [1.54, 1.807) is 31.4 Å². The molecule has 1 amide bonds. The molecule has 1 saturated heterocycles. The highest BCUT2D eigenvalue weighted by Gasteiger charge is 2.34. The van der Waals surface area contributed by atoms with E-state index in [0.717, 1.165) is 25.4 Å². The van der Waals surface area contributed by atoms with E-state index >= 15 is 0 Å². The lowest BCUT2D eigenvalue weighted by Gasteiger charge is -2.36. The van der Waals surface area contributed by atoms with Crippen LogP contribution in [-0.2, 0) is 21.4 Å². The smallest absolute Gasteiger partial charge is 0.263 e. The number of nitrogens with zero attached hydrogens (tertiary/aromatic N) is 3. The first-order valence-corrected chi connectivity index (χ1v) is 12.6. The topological polar surface area (TPSA) is 91.3 Å². The first-order chi connectivity index (χ1) is 15.8. The van der Waals surface area contributed by atoms with Crippen LogP contribution in [0.2, 0.25) is 0 Å². The van der Waals surface area contributed by atoms with E-state index in [1.807, 2.05) is 30.9 Å².